The number of halogens is 1. The fourth-order valence-corrected chi connectivity index (χ4v) is 4.19. The quantitative estimate of drug-likeness (QED) is 0.707. The highest BCUT2D eigenvalue weighted by Gasteiger charge is 2.21. The molecule has 5 rings (SSSR count). The van der Waals surface area contributed by atoms with Crippen LogP contribution in [0.5, 0.6) is 0 Å². The number of pyridine rings is 1. The van der Waals surface area contributed by atoms with Crippen molar-refractivity contribution < 1.29 is 4.39 Å². The van der Waals surface area contributed by atoms with E-state index in [2.05, 4.69) is 15.5 Å². The molecule has 0 unspecified atom stereocenters. The fraction of sp³-hybridized carbons (Fsp3) is 0.409. The van der Waals surface area contributed by atoms with Crippen LogP contribution >= 0.6 is 0 Å². The maximum absolute atomic E-state index is 13.3. The Labute approximate surface area is 169 Å². The van der Waals surface area contributed by atoms with E-state index in [9.17, 15) is 4.39 Å². The summed E-state index contributed by atoms with van der Waals surface area (Å²) in [5.74, 6) is 1.32. The second-order valence-corrected chi connectivity index (χ2v) is 7.80. The van der Waals surface area contributed by atoms with Crippen LogP contribution in [0.25, 0.3) is 22.3 Å². The first-order valence-corrected chi connectivity index (χ1v) is 10.4. The lowest BCUT2D eigenvalue weighted by atomic mass is 10.1. The van der Waals surface area contributed by atoms with Gasteiger partial charge in [0.25, 0.3) is 0 Å². The van der Waals surface area contributed by atoms with Gasteiger partial charge in [-0.1, -0.05) is 12.8 Å². The molecule has 0 atom stereocenters. The number of piperazine rings is 1. The van der Waals surface area contributed by atoms with Crippen LogP contribution in [0.15, 0.2) is 36.4 Å². The van der Waals surface area contributed by atoms with Crippen LogP contribution in [-0.4, -0.2) is 47.2 Å². The van der Waals surface area contributed by atoms with Gasteiger partial charge in [0, 0.05) is 37.8 Å². The van der Waals surface area contributed by atoms with Gasteiger partial charge in [-0.2, -0.15) is 4.98 Å². The van der Waals surface area contributed by atoms with E-state index in [4.69, 9.17) is 15.0 Å². The summed E-state index contributed by atoms with van der Waals surface area (Å²) < 4.78 is 13.3. The van der Waals surface area contributed by atoms with Crippen molar-refractivity contribution in [1.82, 2.24) is 20.3 Å². The summed E-state index contributed by atoms with van der Waals surface area (Å²) in [5, 5.41) is 6.92. The van der Waals surface area contributed by atoms with Crippen molar-refractivity contribution in [2.24, 2.45) is 0 Å². The maximum Gasteiger partial charge on any atom is 0.225 e. The van der Waals surface area contributed by atoms with Gasteiger partial charge in [0.1, 0.15) is 11.3 Å². The Bertz CT molecular complexity index is 994. The molecule has 1 saturated heterocycles. The zero-order chi connectivity index (χ0) is 19.6. The molecule has 29 heavy (non-hydrogen) atoms. The first kappa shape index (κ1) is 18.2. The van der Waals surface area contributed by atoms with E-state index in [1.165, 1.54) is 37.8 Å². The largest absolute Gasteiger partial charge is 0.352 e. The molecule has 7 heteroatoms. The number of nitrogens with zero attached hydrogens (tertiary/aromatic N) is 4. The predicted molar refractivity (Wildman–Crippen MR) is 114 cm³/mol. The molecule has 0 radical (unpaired) electrons. The van der Waals surface area contributed by atoms with Gasteiger partial charge in [-0.05, 0) is 49.2 Å². The standard InChI is InChI=1S/C22H25FN6/c23-16-7-5-15(6-8-16)18-9-10-19-20(26-18)21(29-13-11-24-12-14-29)28-22(27-19)25-17-3-1-2-4-17/h5-10,17,24H,1-4,11-14H2,(H,25,27,28). The molecule has 1 aromatic carbocycles. The van der Waals surface area contributed by atoms with Crippen LogP contribution in [0, 0.1) is 5.82 Å². The van der Waals surface area contributed by atoms with Crippen LogP contribution < -0.4 is 15.5 Å². The van der Waals surface area contributed by atoms with Gasteiger partial charge in [0.05, 0.1) is 11.2 Å². The van der Waals surface area contributed by atoms with E-state index in [0.29, 0.717) is 12.0 Å². The Morgan fingerprint density at radius 1 is 0.931 bits per heavy atom. The third kappa shape index (κ3) is 3.87. The molecule has 0 spiro atoms. The highest BCUT2D eigenvalue weighted by molar-refractivity contribution is 5.89. The molecule has 2 N–H and O–H groups in total. The average molecular weight is 392 g/mol. The number of fused-ring (bicyclic) bond motifs is 1. The number of rotatable bonds is 4. The Balaban J connectivity index is 1.58. The number of hydrogen-bond acceptors (Lipinski definition) is 6. The Hall–Kier alpha value is -2.80. The number of aromatic nitrogens is 3. The summed E-state index contributed by atoms with van der Waals surface area (Å²) in [7, 11) is 0. The van der Waals surface area contributed by atoms with Crippen LogP contribution in [0.4, 0.5) is 16.2 Å². The molecule has 0 amide bonds. The average Bonchev–Trinajstić information content (AvgIpc) is 3.27. The molecule has 3 aromatic rings. The first-order chi connectivity index (χ1) is 14.3. The third-order valence-electron chi connectivity index (χ3n) is 5.77. The van der Waals surface area contributed by atoms with E-state index in [1.807, 2.05) is 12.1 Å². The highest BCUT2D eigenvalue weighted by atomic mass is 19.1. The summed E-state index contributed by atoms with van der Waals surface area (Å²) in [6, 6.07) is 10.8. The zero-order valence-corrected chi connectivity index (χ0v) is 16.4. The Morgan fingerprint density at radius 3 is 2.45 bits per heavy atom. The number of hydrogen-bond donors (Lipinski definition) is 2. The van der Waals surface area contributed by atoms with Gasteiger partial charge in [0.15, 0.2) is 5.82 Å². The summed E-state index contributed by atoms with van der Waals surface area (Å²) in [6.07, 6.45) is 4.87. The second kappa shape index (κ2) is 7.91. The van der Waals surface area contributed by atoms with Gasteiger partial charge < -0.3 is 15.5 Å². The lowest BCUT2D eigenvalue weighted by Crippen LogP contribution is -2.44. The van der Waals surface area contributed by atoms with Crippen LogP contribution in [-0.2, 0) is 0 Å². The lowest BCUT2D eigenvalue weighted by Gasteiger charge is -2.29. The molecular formula is C22H25FN6. The molecule has 150 valence electrons. The minimum Gasteiger partial charge on any atom is -0.352 e. The molecule has 1 saturated carbocycles. The topological polar surface area (TPSA) is 66.0 Å². The van der Waals surface area contributed by atoms with E-state index in [0.717, 1.165) is 54.3 Å². The van der Waals surface area contributed by atoms with E-state index in [-0.39, 0.29) is 5.82 Å². The molecule has 2 aromatic heterocycles. The van der Waals surface area contributed by atoms with E-state index >= 15 is 0 Å². The summed E-state index contributed by atoms with van der Waals surface area (Å²) >= 11 is 0. The smallest absolute Gasteiger partial charge is 0.225 e. The van der Waals surface area contributed by atoms with Gasteiger partial charge in [-0.25, -0.2) is 14.4 Å². The van der Waals surface area contributed by atoms with Crippen molar-refractivity contribution in [3.8, 4) is 11.3 Å². The monoisotopic (exact) mass is 392 g/mol. The van der Waals surface area contributed by atoms with Crippen molar-refractivity contribution in [2.45, 2.75) is 31.7 Å². The fourth-order valence-electron chi connectivity index (χ4n) is 4.19. The SMILES string of the molecule is Fc1ccc(-c2ccc3nc(NC4CCCC4)nc(N4CCNCC4)c3n2)cc1. The number of benzene rings is 1. The molecule has 1 aliphatic heterocycles. The predicted octanol–water partition coefficient (Wildman–Crippen LogP) is 3.60. The minimum absolute atomic E-state index is 0.248. The van der Waals surface area contributed by atoms with E-state index < -0.39 is 0 Å². The highest BCUT2D eigenvalue weighted by Crippen LogP contribution is 2.29. The molecule has 2 fully saturated rings. The van der Waals surface area contributed by atoms with Crippen molar-refractivity contribution in [2.75, 3.05) is 36.4 Å². The second-order valence-electron chi connectivity index (χ2n) is 7.80. The van der Waals surface area contributed by atoms with Gasteiger partial charge >= 0.3 is 0 Å². The van der Waals surface area contributed by atoms with Crippen molar-refractivity contribution in [3.05, 3.63) is 42.2 Å². The maximum atomic E-state index is 13.3. The van der Waals surface area contributed by atoms with Crippen molar-refractivity contribution in [3.63, 3.8) is 0 Å². The molecule has 1 aliphatic carbocycles. The van der Waals surface area contributed by atoms with Gasteiger partial charge in [-0.15, -0.1) is 0 Å². The zero-order valence-electron chi connectivity index (χ0n) is 16.4. The lowest BCUT2D eigenvalue weighted by molar-refractivity contribution is 0.585. The number of anilines is 2. The minimum atomic E-state index is -0.248. The summed E-state index contributed by atoms with van der Waals surface area (Å²) in [6.45, 7) is 3.62. The first-order valence-electron chi connectivity index (χ1n) is 10.4. The van der Waals surface area contributed by atoms with Gasteiger partial charge in [-0.3, -0.25) is 0 Å². The van der Waals surface area contributed by atoms with Crippen LogP contribution in [0.2, 0.25) is 0 Å². The van der Waals surface area contributed by atoms with Crippen LogP contribution in [0.1, 0.15) is 25.7 Å². The van der Waals surface area contributed by atoms with Crippen molar-refractivity contribution >= 4 is 22.8 Å². The molecule has 6 nitrogen and oxygen atoms in total. The van der Waals surface area contributed by atoms with Crippen molar-refractivity contribution in [1.29, 1.82) is 0 Å². The molecule has 2 aliphatic rings. The summed E-state index contributed by atoms with van der Waals surface area (Å²) in [5.41, 5.74) is 3.31. The van der Waals surface area contributed by atoms with Crippen LogP contribution in [0.3, 0.4) is 0 Å². The Morgan fingerprint density at radius 2 is 1.69 bits per heavy atom. The molecular weight excluding hydrogens is 367 g/mol. The third-order valence-corrected chi connectivity index (χ3v) is 5.77. The Kier molecular flexibility index (Phi) is 4.97. The van der Waals surface area contributed by atoms with Gasteiger partial charge in [0.2, 0.25) is 5.95 Å². The number of nitrogens with one attached hydrogen (secondary N) is 2. The molecule has 0 bridgehead atoms. The normalized spacial score (nSPS) is 17.8. The van der Waals surface area contributed by atoms with E-state index in [1.54, 1.807) is 12.1 Å². The summed E-state index contributed by atoms with van der Waals surface area (Å²) in [4.78, 5) is 16.8. The molecule has 3 heterocycles.